The van der Waals surface area contributed by atoms with Crippen LogP contribution in [0.5, 0.6) is 0 Å². The maximum atomic E-state index is 12.3. The number of nitrogens with one attached hydrogen (secondary N) is 1. The molecule has 9 heteroatoms. The molecular weight excluding hydrogens is 408 g/mol. The lowest BCUT2D eigenvalue weighted by atomic mass is 10.1. The molecule has 0 aliphatic rings. The predicted octanol–water partition coefficient (Wildman–Crippen LogP) is 3.47. The summed E-state index contributed by atoms with van der Waals surface area (Å²) in [6.45, 7) is 1.63. The van der Waals surface area contributed by atoms with Gasteiger partial charge in [-0.1, -0.05) is 12.1 Å². The highest BCUT2D eigenvalue weighted by Gasteiger charge is 2.23. The number of anilines is 1. The average Bonchev–Trinajstić information content (AvgIpc) is 2.41. The SMILES string of the molecule is Cc1cccc([N+](=O)[O-])c1C(=O)Nc1ncc(Br)nc1Br. The maximum Gasteiger partial charge on any atom is 0.282 e. The second-order valence-electron chi connectivity index (χ2n) is 4.01. The van der Waals surface area contributed by atoms with Crippen LogP contribution >= 0.6 is 31.9 Å². The number of carbonyl (C=O) groups excluding carboxylic acids is 1. The highest BCUT2D eigenvalue weighted by molar-refractivity contribution is 9.11. The normalized spacial score (nSPS) is 10.2. The highest BCUT2D eigenvalue weighted by atomic mass is 79.9. The van der Waals surface area contributed by atoms with Gasteiger partial charge in [-0.05, 0) is 44.3 Å². The molecule has 0 saturated heterocycles. The van der Waals surface area contributed by atoms with Crippen LogP contribution in [0.2, 0.25) is 0 Å². The predicted molar refractivity (Wildman–Crippen MR) is 83.2 cm³/mol. The summed E-state index contributed by atoms with van der Waals surface area (Å²) in [6, 6.07) is 4.44. The first-order valence-electron chi connectivity index (χ1n) is 5.63. The number of amides is 1. The fourth-order valence-electron chi connectivity index (χ4n) is 1.70. The van der Waals surface area contributed by atoms with Gasteiger partial charge >= 0.3 is 0 Å². The van der Waals surface area contributed by atoms with Gasteiger partial charge in [-0.3, -0.25) is 14.9 Å². The zero-order valence-electron chi connectivity index (χ0n) is 10.6. The van der Waals surface area contributed by atoms with Crippen LogP contribution in [0.1, 0.15) is 15.9 Å². The molecule has 1 aromatic carbocycles. The largest absolute Gasteiger partial charge is 0.304 e. The number of carbonyl (C=O) groups is 1. The topological polar surface area (TPSA) is 98.0 Å². The molecule has 0 saturated carbocycles. The zero-order valence-corrected chi connectivity index (χ0v) is 13.8. The average molecular weight is 416 g/mol. The standard InChI is InChI=1S/C12H8Br2N4O3/c1-6-3-2-4-7(18(20)21)9(6)12(19)17-11-10(14)16-8(13)5-15-11/h2-5H,1H3,(H,15,17,19). The number of nitrogens with zero attached hydrogens (tertiary/aromatic N) is 3. The van der Waals surface area contributed by atoms with Crippen LogP contribution in [-0.2, 0) is 0 Å². The van der Waals surface area contributed by atoms with E-state index in [4.69, 9.17) is 0 Å². The van der Waals surface area contributed by atoms with E-state index in [1.54, 1.807) is 13.0 Å². The molecule has 2 aromatic rings. The molecular formula is C12H8Br2N4O3. The minimum Gasteiger partial charge on any atom is -0.304 e. The van der Waals surface area contributed by atoms with Gasteiger partial charge in [0.25, 0.3) is 11.6 Å². The molecule has 1 aromatic heterocycles. The number of aryl methyl sites for hydroxylation is 1. The van der Waals surface area contributed by atoms with Gasteiger partial charge in [0.1, 0.15) is 14.8 Å². The Morgan fingerprint density at radius 3 is 2.71 bits per heavy atom. The molecule has 108 valence electrons. The summed E-state index contributed by atoms with van der Waals surface area (Å²) in [5, 5.41) is 13.5. The van der Waals surface area contributed by atoms with Gasteiger partial charge in [-0.25, -0.2) is 9.97 Å². The van der Waals surface area contributed by atoms with Gasteiger partial charge in [0.05, 0.1) is 11.1 Å². The van der Waals surface area contributed by atoms with Gasteiger partial charge < -0.3 is 5.32 Å². The highest BCUT2D eigenvalue weighted by Crippen LogP contribution is 2.25. The second kappa shape index (κ2) is 6.27. The van der Waals surface area contributed by atoms with E-state index in [1.165, 1.54) is 18.3 Å². The Hall–Kier alpha value is -1.87. The van der Waals surface area contributed by atoms with Crippen LogP contribution in [0.15, 0.2) is 33.6 Å². The molecule has 0 fully saturated rings. The van der Waals surface area contributed by atoms with Crippen LogP contribution in [0, 0.1) is 17.0 Å². The van der Waals surface area contributed by atoms with Gasteiger partial charge in [-0.15, -0.1) is 0 Å². The van der Waals surface area contributed by atoms with Gasteiger partial charge in [0.15, 0.2) is 5.82 Å². The van der Waals surface area contributed by atoms with Crippen molar-refractivity contribution >= 4 is 49.3 Å². The van der Waals surface area contributed by atoms with Crippen molar-refractivity contribution in [3.05, 3.63) is 54.8 Å². The number of rotatable bonds is 3. The Kier molecular flexibility index (Phi) is 4.63. The molecule has 7 nitrogen and oxygen atoms in total. The summed E-state index contributed by atoms with van der Waals surface area (Å²) in [5.74, 6) is -0.433. The fourth-order valence-corrected chi connectivity index (χ4v) is 2.61. The van der Waals surface area contributed by atoms with E-state index < -0.39 is 10.8 Å². The Morgan fingerprint density at radius 2 is 2.10 bits per heavy atom. The first kappa shape index (κ1) is 15.5. The first-order chi connectivity index (χ1) is 9.90. The van der Waals surface area contributed by atoms with Crippen LogP contribution in [0.4, 0.5) is 11.5 Å². The van der Waals surface area contributed by atoms with Crippen molar-refractivity contribution in [2.24, 2.45) is 0 Å². The molecule has 0 atom stereocenters. The van der Waals surface area contributed by atoms with Crippen molar-refractivity contribution in [1.29, 1.82) is 0 Å². The summed E-state index contributed by atoms with van der Waals surface area (Å²) in [6.07, 6.45) is 1.41. The molecule has 0 aliphatic heterocycles. The Bertz CT molecular complexity index is 736. The molecule has 0 aliphatic carbocycles. The smallest absolute Gasteiger partial charge is 0.282 e. The van der Waals surface area contributed by atoms with Gasteiger partial charge in [0.2, 0.25) is 0 Å². The van der Waals surface area contributed by atoms with E-state index in [-0.39, 0.29) is 17.1 Å². The summed E-state index contributed by atoms with van der Waals surface area (Å²) >= 11 is 6.31. The van der Waals surface area contributed by atoms with Crippen molar-refractivity contribution in [1.82, 2.24) is 9.97 Å². The summed E-state index contributed by atoms with van der Waals surface area (Å²) in [4.78, 5) is 30.7. The third-order valence-electron chi connectivity index (χ3n) is 2.61. The minimum absolute atomic E-state index is 0.000816. The van der Waals surface area contributed by atoms with Gasteiger partial charge in [0, 0.05) is 6.07 Å². The zero-order chi connectivity index (χ0) is 15.6. The van der Waals surface area contributed by atoms with Crippen molar-refractivity contribution in [2.45, 2.75) is 6.92 Å². The number of aromatic nitrogens is 2. The monoisotopic (exact) mass is 414 g/mol. The third kappa shape index (κ3) is 3.42. The number of hydrogen-bond acceptors (Lipinski definition) is 5. The van der Waals surface area contributed by atoms with Crippen molar-refractivity contribution in [3.63, 3.8) is 0 Å². The van der Waals surface area contributed by atoms with E-state index in [1.807, 2.05) is 0 Å². The second-order valence-corrected chi connectivity index (χ2v) is 5.58. The lowest BCUT2D eigenvalue weighted by Crippen LogP contribution is -2.17. The van der Waals surface area contributed by atoms with E-state index in [9.17, 15) is 14.9 Å². The Labute approximate surface area is 136 Å². The molecule has 21 heavy (non-hydrogen) atoms. The summed E-state index contributed by atoms with van der Waals surface area (Å²) in [7, 11) is 0. The van der Waals surface area contributed by atoms with Crippen LogP contribution in [0.3, 0.4) is 0 Å². The van der Waals surface area contributed by atoms with Crippen LogP contribution in [0.25, 0.3) is 0 Å². The lowest BCUT2D eigenvalue weighted by molar-refractivity contribution is -0.385. The number of halogens is 2. The quantitative estimate of drug-likeness (QED) is 0.611. The van der Waals surface area contributed by atoms with Crippen molar-refractivity contribution < 1.29 is 9.72 Å². The molecule has 1 amide bonds. The minimum atomic E-state index is -0.614. The van der Waals surface area contributed by atoms with Crippen LogP contribution < -0.4 is 5.32 Å². The Balaban J connectivity index is 2.39. The molecule has 0 spiro atoms. The molecule has 0 radical (unpaired) electrons. The van der Waals surface area contributed by atoms with E-state index in [0.717, 1.165) is 0 Å². The van der Waals surface area contributed by atoms with Crippen molar-refractivity contribution in [2.75, 3.05) is 5.32 Å². The third-order valence-corrected chi connectivity index (χ3v) is 3.54. The van der Waals surface area contributed by atoms with E-state index >= 15 is 0 Å². The first-order valence-corrected chi connectivity index (χ1v) is 7.22. The molecule has 0 bridgehead atoms. The maximum absolute atomic E-state index is 12.3. The number of benzene rings is 1. The van der Waals surface area contributed by atoms with E-state index in [2.05, 4.69) is 47.1 Å². The summed E-state index contributed by atoms with van der Waals surface area (Å²) in [5.41, 5.74) is 0.246. The number of nitro benzene ring substituents is 1. The molecule has 2 rings (SSSR count). The molecule has 0 unspecified atom stereocenters. The van der Waals surface area contributed by atoms with E-state index in [0.29, 0.717) is 14.8 Å². The van der Waals surface area contributed by atoms with Crippen LogP contribution in [-0.4, -0.2) is 20.8 Å². The molecule has 1 heterocycles. The number of hydrogen-bond donors (Lipinski definition) is 1. The fraction of sp³-hybridized carbons (Fsp3) is 0.0833. The number of nitro groups is 1. The lowest BCUT2D eigenvalue weighted by Gasteiger charge is -2.08. The Morgan fingerprint density at radius 1 is 1.38 bits per heavy atom. The molecule has 1 N–H and O–H groups in total. The van der Waals surface area contributed by atoms with Crippen molar-refractivity contribution in [3.8, 4) is 0 Å². The van der Waals surface area contributed by atoms with Gasteiger partial charge in [-0.2, -0.15) is 0 Å². The summed E-state index contributed by atoms with van der Waals surface area (Å²) < 4.78 is 0.815.